The fraction of sp³-hybridized carbons (Fsp3) is 0.429. The molecule has 0 amide bonds. The van der Waals surface area contributed by atoms with Gasteiger partial charge in [-0.25, -0.2) is 0 Å². The van der Waals surface area contributed by atoms with Gasteiger partial charge in [0.2, 0.25) is 0 Å². The van der Waals surface area contributed by atoms with Crippen molar-refractivity contribution >= 4 is 27.6 Å². The maximum Gasteiger partial charge on any atom is 0.311 e. The molecule has 1 N–H and O–H groups in total. The van der Waals surface area contributed by atoms with Gasteiger partial charge in [-0.1, -0.05) is 22.9 Å². The lowest BCUT2D eigenvalue weighted by Crippen LogP contribution is -2.34. The number of nitriles is 1. The normalized spacial score (nSPS) is 22.3. The van der Waals surface area contributed by atoms with E-state index in [2.05, 4.69) is 22.0 Å². The minimum atomic E-state index is -0.742. The SMILES string of the molecule is CCC1(C(=O)O)CCN(c2ccc(Br)cc2C#N)C1. The van der Waals surface area contributed by atoms with Gasteiger partial charge in [0, 0.05) is 17.6 Å². The topological polar surface area (TPSA) is 64.3 Å². The summed E-state index contributed by atoms with van der Waals surface area (Å²) >= 11 is 3.34. The maximum absolute atomic E-state index is 11.4. The van der Waals surface area contributed by atoms with Crippen LogP contribution >= 0.6 is 15.9 Å². The van der Waals surface area contributed by atoms with Crippen molar-refractivity contribution in [3.63, 3.8) is 0 Å². The number of halogens is 1. The molecule has 0 spiro atoms. The fourth-order valence-corrected chi connectivity index (χ4v) is 2.93. The van der Waals surface area contributed by atoms with Crippen molar-refractivity contribution < 1.29 is 9.90 Å². The van der Waals surface area contributed by atoms with Crippen molar-refractivity contribution in [3.05, 3.63) is 28.2 Å². The highest BCUT2D eigenvalue weighted by Gasteiger charge is 2.43. The molecule has 0 aromatic heterocycles. The molecule has 0 aliphatic carbocycles. The Morgan fingerprint density at radius 2 is 2.37 bits per heavy atom. The summed E-state index contributed by atoms with van der Waals surface area (Å²) in [5.74, 6) is -0.742. The predicted molar refractivity (Wildman–Crippen MR) is 76.0 cm³/mol. The summed E-state index contributed by atoms with van der Waals surface area (Å²) in [7, 11) is 0. The van der Waals surface area contributed by atoms with Crippen LogP contribution in [0.1, 0.15) is 25.3 Å². The molecule has 1 aliphatic rings. The Hall–Kier alpha value is -1.54. The Kier molecular flexibility index (Phi) is 3.81. The van der Waals surface area contributed by atoms with E-state index in [0.29, 0.717) is 31.5 Å². The first kappa shape index (κ1) is 13.9. The van der Waals surface area contributed by atoms with Gasteiger partial charge in [0.25, 0.3) is 0 Å². The van der Waals surface area contributed by atoms with E-state index < -0.39 is 11.4 Å². The molecule has 100 valence electrons. The van der Waals surface area contributed by atoms with Crippen molar-refractivity contribution in [2.24, 2.45) is 5.41 Å². The predicted octanol–water partition coefficient (Wildman–Crippen LogP) is 3.01. The standard InChI is InChI=1S/C14H15BrN2O2/c1-2-14(13(18)19)5-6-17(9-14)12-4-3-11(15)7-10(12)8-16/h3-4,7H,2,5-6,9H2,1H3,(H,18,19). The number of carboxylic acid groups (broad SMARTS) is 1. The van der Waals surface area contributed by atoms with Crippen molar-refractivity contribution in [1.29, 1.82) is 5.26 Å². The lowest BCUT2D eigenvalue weighted by atomic mass is 9.84. The zero-order valence-corrected chi connectivity index (χ0v) is 12.3. The summed E-state index contributed by atoms with van der Waals surface area (Å²) in [6.07, 6.45) is 1.23. The first-order valence-corrected chi connectivity index (χ1v) is 7.00. The number of hydrogen-bond acceptors (Lipinski definition) is 3. The molecule has 0 bridgehead atoms. The molecule has 1 aromatic carbocycles. The van der Waals surface area contributed by atoms with Crippen LogP contribution < -0.4 is 4.90 Å². The van der Waals surface area contributed by atoms with Crippen LogP contribution in [0.4, 0.5) is 5.69 Å². The quantitative estimate of drug-likeness (QED) is 0.929. The molecule has 2 rings (SSSR count). The Balaban J connectivity index is 2.31. The van der Waals surface area contributed by atoms with Gasteiger partial charge in [0.05, 0.1) is 16.7 Å². The van der Waals surface area contributed by atoms with Gasteiger partial charge in [-0.2, -0.15) is 5.26 Å². The van der Waals surface area contributed by atoms with E-state index >= 15 is 0 Å². The van der Waals surface area contributed by atoms with Crippen molar-refractivity contribution in [1.82, 2.24) is 0 Å². The summed E-state index contributed by atoms with van der Waals surface area (Å²) < 4.78 is 0.854. The zero-order chi connectivity index (χ0) is 14.0. The van der Waals surface area contributed by atoms with Crippen molar-refractivity contribution in [3.8, 4) is 6.07 Å². The third-order valence-corrected chi connectivity index (χ3v) is 4.40. The largest absolute Gasteiger partial charge is 0.481 e. The highest BCUT2D eigenvalue weighted by Crippen LogP contribution is 2.38. The number of anilines is 1. The second-order valence-corrected chi connectivity index (χ2v) is 5.80. The maximum atomic E-state index is 11.4. The van der Waals surface area contributed by atoms with E-state index in [-0.39, 0.29) is 0 Å². The Bertz CT molecular complexity index is 553. The summed E-state index contributed by atoms with van der Waals surface area (Å²) in [6.45, 7) is 3.05. The summed E-state index contributed by atoms with van der Waals surface area (Å²) in [5.41, 5.74) is 0.716. The molecule has 1 unspecified atom stereocenters. The Labute approximate surface area is 120 Å². The number of carbonyl (C=O) groups is 1. The monoisotopic (exact) mass is 322 g/mol. The van der Waals surface area contributed by atoms with Crippen molar-refractivity contribution in [2.75, 3.05) is 18.0 Å². The lowest BCUT2D eigenvalue weighted by Gasteiger charge is -2.24. The van der Waals surface area contributed by atoms with Crippen LogP contribution in [0.5, 0.6) is 0 Å². The van der Waals surface area contributed by atoms with Crippen molar-refractivity contribution in [2.45, 2.75) is 19.8 Å². The van der Waals surface area contributed by atoms with Crippen LogP contribution in [0.25, 0.3) is 0 Å². The Morgan fingerprint density at radius 1 is 1.63 bits per heavy atom. The first-order valence-electron chi connectivity index (χ1n) is 6.20. The van der Waals surface area contributed by atoms with Crippen LogP contribution in [0.3, 0.4) is 0 Å². The van der Waals surface area contributed by atoms with E-state index in [1.807, 2.05) is 24.0 Å². The molecule has 1 heterocycles. The van der Waals surface area contributed by atoms with Gasteiger partial charge in [0.1, 0.15) is 6.07 Å². The molecule has 5 heteroatoms. The molecule has 1 aliphatic heterocycles. The fourth-order valence-electron chi connectivity index (χ4n) is 2.57. The average Bonchev–Trinajstić information content (AvgIpc) is 2.84. The molecule has 1 aromatic rings. The third kappa shape index (κ3) is 2.45. The van der Waals surface area contributed by atoms with Crippen LogP contribution in [0, 0.1) is 16.7 Å². The number of rotatable bonds is 3. The van der Waals surface area contributed by atoms with E-state index in [4.69, 9.17) is 0 Å². The van der Waals surface area contributed by atoms with Crippen LogP contribution in [-0.4, -0.2) is 24.2 Å². The summed E-state index contributed by atoms with van der Waals surface area (Å²) in [4.78, 5) is 13.4. The van der Waals surface area contributed by atoms with Gasteiger partial charge in [-0.3, -0.25) is 4.79 Å². The van der Waals surface area contributed by atoms with Crippen LogP contribution in [-0.2, 0) is 4.79 Å². The van der Waals surface area contributed by atoms with Gasteiger partial charge >= 0.3 is 5.97 Å². The molecular formula is C14H15BrN2O2. The van der Waals surface area contributed by atoms with E-state index in [0.717, 1.165) is 10.2 Å². The second kappa shape index (κ2) is 5.22. The van der Waals surface area contributed by atoms with E-state index in [1.54, 1.807) is 6.07 Å². The molecule has 0 radical (unpaired) electrons. The molecule has 1 atom stereocenters. The van der Waals surface area contributed by atoms with Gasteiger partial charge < -0.3 is 10.0 Å². The number of aliphatic carboxylic acids is 1. The molecule has 1 fully saturated rings. The summed E-state index contributed by atoms with van der Waals surface area (Å²) in [5, 5.41) is 18.6. The second-order valence-electron chi connectivity index (χ2n) is 4.88. The summed E-state index contributed by atoms with van der Waals surface area (Å²) in [6, 6.07) is 7.68. The number of carboxylic acids is 1. The van der Waals surface area contributed by atoms with E-state index in [9.17, 15) is 15.2 Å². The Morgan fingerprint density at radius 3 is 2.89 bits per heavy atom. The minimum Gasteiger partial charge on any atom is -0.481 e. The van der Waals surface area contributed by atoms with Gasteiger partial charge in [0.15, 0.2) is 0 Å². The van der Waals surface area contributed by atoms with Gasteiger partial charge in [-0.05, 0) is 31.0 Å². The zero-order valence-electron chi connectivity index (χ0n) is 10.7. The molecular weight excluding hydrogens is 308 g/mol. The number of nitrogens with zero attached hydrogens (tertiary/aromatic N) is 2. The third-order valence-electron chi connectivity index (χ3n) is 3.90. The highest BCUT2D eigenvalue weighted by atomic mass is 79.9. The molecule has 4 nitrogen and oxygen atoms in total. The smallest absolute Gasteiger partial charge is 0.311 e. The molecule has 19 heavy (non-hydrogen) atoms. The van der Waals surface area contributed by atoms with Crippen LogP contribution in [0.2, 0.25) is 0 Å². The minimum absolute atomic E-state index is 0.467. The van der Waals surface area contributed by atoms with E-state index in [1.165, 1.54) is 0 Å². The average molecular weight is 323 g/mol. The lowest BCUT2D eigenvalue weighted by molar-refractivity contribution is -0.147. The first-order chi connectivity index (χ1) is 9.02. The molecule has 1 saturated heterocycles. The van der Waals surface area contributed by atoms with Crippen LogP contribution in [0.15, 0.2) is 22.7 Å². The number of benzene rings is 1. The molecule has 0 saturated carbocycles. The highest BCUT2D eigenvalue weighted by molar-refractivity contribution is 9.10. The van der Waals surface area contributed by atoms with Gasteiger partial charge in [-0.15, -0.1) is 0 Å². The number of hydrogen-bond donors (Lipinski definition) is 1.